The number of aryl methyl sites for hydroxylation is 2. The maximum atomic E-state index is 6.00. The summed E-state index contributed by atoms with van der Waals surface area (Å²) in [6.45, 7) is 4.07. The number of nitrogen functional groups attached to an aromatic ring is 1. The van der Waals surface area contributed by atoms with Crippen LogP contribution in [0.5, 0.6) is 5.75 Å². The van der Waals surface area contributed by atoms with Crippen LogP contribution in [-0.4, -0.2) is 7.11 Å². The number of hydrogen-bond donors (Lipinski definition) is 2. The van der Waals surface area contributed by atoms with Crippen LogP contribution >= 0.6 is 0 Å². The number of nitrogens with one attached hydrogen (secondary N) is 1. The van der Waals surface area contributed by atoms with Crippen LogP contribution in [0.15, 0.2) is 36.4 Å². The van der Waals surface area contributed by atoms with Gasteiger partial charge in [0.1, 0.15) is 5.75 Å². The van der Waals surface area contributed by atoms with Gasteiger partial charge in [-0.15, -0.1) is 0 Å². The van der Waals surface area contributed by atoms with E-state index in [4.69, 9.17) is 10.5 Å². The average molecular weight is 242 g/mol. The molecule has 0 heterocycles. The molecule has 3 N–H and O–H groups in total. The van der Waals surface area contributed by atoms with Crippen LogP contribution in [0.1, 0.15) is 11.1 Å². The fourth-order valence-corrected chi connectivity index (χ4v) is 1.86. The fraction of sp³-hybridized carbons (Fsp3) is 0.200. The monoisotopic (exact) mass is 242 g/mol. The highest BCUT2D eigenvalue weighted by atomic mass is 16.5. The molecule has 0 aliphatic carbocycles. The Balaban J connectivity index is 2.36. The fourth-order valence-electron chi connectivity index (χ4n) is 1.86. The molecule has 0 saturated heterocycles. The number of ether oxygens (including phenoxy) is 1. The van der Waals surface area contributed by atoms with Crippen LogP contribution in [0.3, 0.4) is 0 Å². The molecule has 18 heavy (non-hydrogen) atoms. The van der Waals surface area contributed by atoms with E-state index in [1.165, 1.54) is 5.56 Å². The highest BCUT2D eigenvalue weighted by Crippen LogP contribution is 2.31. The summed E-state index contributed by atoms with van der Waals surface area (Å²) >= 11 is 0. The third-order valence-electron chi connectivity index (χ3n) is 2.83. The molecule has 3 heteroatoms. The van der Waals surface area contributed by atoms with Crippen molar-refractivity contribution in [3.8, 4) is 5.75 Å². The van der Waals surface area contributed by atoms with Crippen molar-refractivity contribution in [3.05, 3.63) is 47.5 Å². The van der Waals surface area contributed by atoms with E-state index >= 15 is 0 Å². The lowest BCUT2D eigenvalue weighted by Crippen LogP contribution is -1.99. The first-order chi connectivity index (χ1) is 8.60. The number of rotatable bonds is 3. The van der Waals surface area contributed by atoms with Gasteiger partial charge in [0.15, 0.2) is 0 Å². The van der Waals surface area contributed by atoms with Crippen LogP contribution < -0.4 is 15.8 Å². The van der Waals surface area contributed by atoms with E-state index in [0.717, 1.165) is 28.4 Å². The minimum Gasteiger partial charge on any atom is -0.495 e. The van der Waals surface area contributed by atoms with Crippen LogP contribution in [0.2, 0.25) is 0 Å². The molecule has 2 aromatic carbocycles. The molecule has 2 aromatic rings. The molecule has 0 aliphatic rings. The maximum Gasteiger partial charge on any atom is 0.142 e. The first-order valence-corrected chi connectivity index (χ1v) is 5.88. The smallest absolute Gasteiger partial charge is 0.142 e. The van der Waals surface area contributed by atoms with E-state index in [0.29, 0.717) is 0 Å². The Kier molecular flexibility index (Phi) is 3.42. The Morgan fingerprint density at radius 3 is 2.28 bits per heavy atom. The highest BCUT2D eigenvalue weighted by molar-refractivity contribution is 5.76. The van der Waals surface area contributed by atoms with Gasteiger partial charge in [0.2, 0.25) is 0 Å². The van der Waals surface area contributed by atoms with Crippen LogP contribution in [0.4, 0.5) is 17.1 Å². The summed E-state index contributed by atoms with van der Waals surface area (Å²) in [6.07, 6.45) is 0. The molecule has 2 rings (SSSR count). The van der Waals surface area contributed by atoms with E-state index in [1.54, 1.807) is 7.11 Å². The summed E-state index contributed by atoms with van der Waals surface area (Å²) < 4.78 is 5.33. The van der Waals surface area contributed by atoms with Gasteiger partial charge in [-0.2, -0.15) is 0 Å². The van der Waals surface area contributed by atoms with E-state index in [2.05, 4.69) is 5.32 Å². The molecule has 0 unspecified atom stereocenters. The summed E-state index contributed by atoms with van der Waals surface area (Å²) in [5.41, 5.74) is 10.9. The van der Waals surface area contributed by atoms with Crippen molar-refractivity contribution in [3.63, 3.8) is 0 Å². The largest absolute Gasteiger partial charge is 0.495 e. The Bertz CT molecular complexity index is 564. The third kappa shape index (κ3) is 2.56. The zero-order valence-corrected chi connectivity index (χ0v) is 10.9. The molecule has 0 radical (unpaired) electrons. The number of benzene rings is 2. The SMILES string of the molecule is COc1ccc(C)cc1Nc1ccc(C)cc1N. The molecule has 0 fully saturated rings. The van der Waals surface area contributed by atoms with Gasteiger partial charge in [-0.05, 0) is 49.2 Å². The average Bonchev–Trinajstić information content (AvgIpc) is 2.33. The van der Waals surface area contributed by atoms with Crippen molar-refractivity contribution >= 4 is 17.1 Å². The lowest BCUT2D eigenvalue weighted by atomic mass is 10.1. The van der Waals surface area contributed by atoms with Gasteiger partial charge in [-0.25, -0.2) is 0 Å². The Morgan fingerprint density at radius 1 is 0.944 bits per heavy atom. The zero-order valence-electron chi connectivity index (χ0n) is 10.9. The predicted molar refractivity (Wildman–Crippen MR) is 76.6 cm³/mol. The van der Waals surface area contributed by atoms with Gasteiger partial charge in [0.25, 0.3) is 0 Å². The van der Waals surface area contributed by atoms with Gasteiger partial charge in [-0.3, -0.25) is 0 Å². The van der Waals surface area contributed by atoms with Gasteiger partial charge in [0.05, 0.1) is 24.2 Å². The summed E-state index contributed by atoms with van der Waals surface area (Å²) in [4.78, 5) is 0. The molecule has 0 spiro atoms. The predicted octanol–water partition coefficient (Wildman–Crippen LogP) is 3.64. The molecule has 3 nitrogen and oxygen atoms in total. The third-order valence-corrected chi connectivity index (χ3v) is 2.83. The first kappa shape index (κ1) is 12.3. The van der Waals surface area contributed by atoms with Crippen LogP contribution in [-0.2, 0) is 0 Å². The quantitative estimate of drug-likeness (QED) is 0.808. The molecular formula is C15H18N2O. The van der Waals surface area contributed by atoms with Gasteiger partial charge in [-0.1, -0.05) is 12.1 Å². The number of nitrogens with two attached hydrogens (primary N) is 1. The minimum absolute atomic E-state index is 0.735. The highest BCUT2D eigenvalue weighted by Gasteiger charge is 2.05. The standard InChI is InChI=1S/C15H18N2O/c1-10-4-6-13(12(16)8-10)17-14-9-11(2)5-7-15(14)18-3/h4-9,17H,16H2,1-3H3. The number of methoxy groups -OCH3 is 1. The maximum absolute atomic E-state index is 6.00. The lowest BCUT2D eigenvalue weighted by molar-refractivity contribution is 0.416. The Hall–Kier alpha value is -2.16. The van der Waals surface area contributed by atoms with Gasteiger partial charge < -0.3 is 15.8 Å². The summed E-state index contributed by atoms with van der Waals surface area (Å²) in [5.74, 6) is 0.806. The second-order valence-electron chi connectivity index (χ2n) is 4.42. The van der Waals surface area contributed by atoms with Crippen molar-refractivity contribution in [2.75, 3.05) is 18.2 Å². The van der Waals surface area contributed by atoms with Crippen LogP contribution in [0.25, 0.3) is 0 Å². The van der Waals surface area contributed by atoms with E-state index in [1.807, 2.05) is 50.2 Å². The molecular weight excluding hydrogens is 224 g/mol. The van der Waals surface area contributed by atoms with Crippen molar-refractivity contribution < 1.29 is 4.74 Å². The molecule has 0 saturated carbocycles. The summed E-state index contributed by atoms with van der Waals surface area (Å²) in [7, 11) is 1.66. The molecule has 0 bridgehead atoms. The van der Waals surface area contributed by atoms with Crippen molar-refractivity contribution in [2.24, 2.45) is 0 Å². The molecule has 0 aliphatic heterocycles. The van der Waals surface area contributed by atoms with Gasteiger partial charge in [0, 0.05) is 0 Å². The van der Waals surface area contributed by atoms with Crippen molar-refractivity contribution in [1.82, 2.24) is 0 Å². The second-order valence-corrected chi connectivity index (χ2v) is 4.42. The summed E-state index contributed by atoms with van der Waals surface area (Å²) in [5, 5.41) is 3.31. The molecule has 0 atom stereocenters. The topological polar surface area (TPSA) is 47.3 Å². The van der Waals surface area contributed by atoms with E-state index < -0.39 is 0 Å². The minimum atomic E-state index is 0.735. The van der Waals surface area contributed by atoms with E-state index in [9.17, 15) is 0 Å². The Morgan fingerprint density at radius 2 is 1.61 bits per heavy atom. The zero-order chi connectivity index (χ0) is 13.1. The Labute approximate surface area is 108 Å². The molecule has 94 valence electrons. The second kappa shape index (κ2) is 5.00. The number of anilines is 3. The van der Waals surface area contributed by atoms with E-state index in [-0.39, 0.29) is 0 Å². The first-order valence-electron chi connectivity index (χ1n) is 5.88. The normalized spacial score (nSPS) is 10.2. The molecule has 0 aromatic heterocycles. The number of hydrogen-bond acceptors (Lipinski definition) is 3. The van der Waals surface area contributed by atoms with Crippen molar-refractivity contribution in [1.29, 1.82) is 0 Å². The lowest BCUT2D eigenvalue weighted by Gasteiger charge is -2.14. The summed E-state index contributed by atoms with van der Waals surface area (Å²) in [6, 6.07) is 12.0. The molecule has 0 amide bonds. The van der Waals surface area contributed by atoms with Crippen LogP contribution in [0, 0.1) is 13.8 Å². The van der Waals surface area contributed by atoms with Crippen molar-refractivity contribution in [2.45, 2.75) is 13.8 Å². The van der Waals surface area contributed by atoms with Gasteiger partial charge >= 0.3 is 0 Å².